The van der Waals surface area contributed by atoms with Crippen molar-refractivity contribution in [1.29, 1.82) is 0 Å². The van der Waals surface area contributed by atoms with Crippen molar-refractivity contribution in [2.75, 3.05) is 0 Å². The molecular weight excluding hydrogens is 212 g/mol. The Labute approximate surface area is 103 Å². The minimum absolute atomic E-state index is 0.366. The average Bonchev–Trinajstić information content (AvgIpc) is 2.59. The van der Waals surface area contributed by atoms with E-state index in [0.717, 1.165) is 29.7 Å². The van der Waals surface area contributed by atoms with Crippen LogP contribution in [0.1, 0.15) is 43.8 Å². The summed E-state index contributed by atoms with van der Waals surface area (Å²) in [6.07, 6.45) is 1.97. The molecule has 0 aliphatic heterocycles. The molecule has 0 fully saturated rings. The highest BCUT2D eigenvalue weighted by Gasteiger charge is 2.12. The van der Waals surface area contributed by atoms with Gasteiger partial charge in [-0.2, -0.15) is 0 Å². The minimum atomic E-state index is 0.366. The molecule has 0 saturated carbocycles. The van der Waals surface area contributed by atoms with Gasteiger partial charge in [0.2, 0.25) is 0 Å². The molecule has 0 aromatic carbocycles. The fourth-order valence-electron chi connectivity index (χ4n) is 1.59. The van der Waals surface area contributed by atoms with Crippen LogP contribution in [0.3, 0.4) is 0 Å². The van der Waals surface area contributed by atoms with Crippen LogP contribution in [0.4, 0.5) is 0 Å². The number of furan rings is 1. The Morgan fingerprint density at radius 3 is 2.65 bits per heavy atom. The van der Waals surface area contributed by atoms with E-state index in [1.807, 2.05) is 13.0 Å². The topological polar surface area (TPSA) is 51.5 Å². The fraction of sp³-hybridized carbons (Fsp3) is 0.357. The third-order valence-corrected chi connectivity index (χ3v) is 2.36. The highest BCUT2D eigenvalue weighted by Crippen LogP contribution is 2.23. The van der Waals surface area contributed by atoms with Crippen molar-refractivity contribution in [3.05, 3.63) is 42.0 Å². The molecule has 0 unspecified atom stereocenters. The van der Waals surface area contributed by atoms with E-state index in [4.69, 9.17) is 10.2 Å². The van der Waals surface area contributed by atoms with E-state index in [0.29, 0.717) is 17.3 Å². The number of allylic oxidation sites excluding steroid dienone is 2. The van der Waals surface area contributed by atoms with Gasteiger partial charge in [0.05, 0.1) is 0 Å². The summed E-state index contributed by atoms with van der Waals surface area (Å²) in [5.74, 6) is 1.77. The number of nitrogens with two attached hydrogens (primary N) is 1. The van der Waals surface area contributed by atoms with Crippen LogP contribution in [0, 0.1) is 6.92 Å². The van der Waals surface area contributed by atoms with Crippen molar-refractivity contribution in [3.63, 3.8) is 0 Å². The Bertz CT molecular complexity index is 467. The van der Waals surface area contributed by atoms with E-state index in [9.17, 15) is 0 Å². The van der Waals surface area contributed by atoms with Gasteiger partial charge in [-0.05, 0) is 37.5 Å². The number of amidine groups is 1. The maximum Gasteiger partial charge on any atom is 0.172 e. The Morgan fingerprint density at radius 1 is 1.47 bits per heavy atom. The Morgan fingerprint density at radius 2 is 2.12 bits per heavy atom. The lowest BCUT2D eigenvalue weighted by molar-refractivity contribution is 0.538. The first-order valence-electron chi connectivity index (χ1n) is 5.74. The molecular formula is C14H20N2O. The first-order chi connectivity index (χ1) is 7.95. The smallest absolute Gasteiger partial charge is 0.172 e. The quantitative estimate of drug-likeness (QED) is 0.622. The first kappa shape index (κ1) is 13.3. The molecule has 0 radical (unpaired) electrons. The molecule has 0 aliphatic rings. The van der Waals surface area contributed by atoms with Gasteiger partial charge in [0.15, 0.2) is 11.6 Å². The van der Waals surface area contributed by atoms with Crippen LogP contribution >= 0.6 is 0 Å². The van der Waals surface area contributed by atoms with E-state index in [1.165, 1.54) is 0 Å². The molecule has 0 atom stereocenters. The van der Waals surface area contributed by atoms with E-state index in [2.05, 4.69) is 25.1 Å². The second-order valence-electron chi connectivity index (χ2n) is 4.21. The van der Waals surface area contributed by atoms with Crippen LogP contribution in [-0.2, 0) is 0 Å². The second kappa shape index (κ2) is 5.53. The maximum absolute atomic E-state index is 5.85. The van der Waals surface area contributed by atoms with Crippen molar-refractivity contribution in [2.24, 2.45) is 10.7 Å². The van der Waals surface area contributed by atoms with Gasteiger partial charge in [-0.3, -0.25) is 0 Å². The van der Waals surface area contributed by atoms with Crippen LogP contribution < -0.4 is 5.73 Å². The van der Waals surface area contributed by atoms with Gasteiger partial charge in [0, 0.05) is 5.70 Å². The zero-order chi connectivity index (χ0) is 13.0. The molecule has 0 saturated heterocycles. The number of rotatable bonds is 5. The summed E-state index contributed by atoms with van der Waals surface area (Å²) in [5.41, 5.74) is 8.47. The van der Waals surface area contributed by atoms with E-state index in [1.54, 1.807) is 6.92 Å². The molecule has 0 amide bonds. The molecule has 1 heterocycles. The molecule has 17 heavy (non-hydrogen) atoms. The van der Waals surface area contributed by atoms with Crippen molar-refractivity contribution in [2.45, 2.75) is 33.6 Å². The van der Waals surface area contributed by atoms with Crippen LogP contribution in [-0.4, -0.2) is 5.84 Å². The minimum Gasteiger partial charge on any atom is -0.453 e. The highest BCUT2D eigenvalue weighted by molar-refractivity contribution is 5.97. The molecule has 92 valence electrons. The lowest BCUT2D eigenvalue weighted by Crippen LogP contribution is -2.13. The standard InChI is InChI=1S/C14H20N2O/c1-6-7-10(4)12-8-11(5)13(17-12)14(15)16-9(2)3/h8H,2,4,6-7H2,1,3,5H3,(H2,15,16). The summed E-state index contributed by atoms with van der Waals surface area (Å²) in [4.78, 5) is 4.10. The fourth-order valence-corrected chi connectivity index (χ4v) is 1.59. The van der Waals surface area contributed by atoms with Gasteiger partial charge < -0.3 is 10.2 Å². The Kier molecular flexibility index (Phi) is 4.32. The van der Waals surface area contributed by atoms with Crippen LogP contribution in [0.25, 0.3) is 5.57 Å². The number of aryl methyl sites for hydroxylation is 1. The third-order valence-electron chi connectivity index (χ3n) is 2.36. The average molecular weight is 232 g/mol. The van der Waals surface area contributed by atoms with Gasteiger partial charge in [-0.25, -0.2) is 4.99 Å². The first-order valence-corrected chi connectivity index (χ1v) is 5.74. The SMILES string of the molecule is C=C(C)N=C(N)c1oc(C(=C)CCC)cc1C. The summed E-state index contributed by atoms with van der Waals surface area (Å²) >= 11 is 0. The van der Waals surface area contributed by atoms with Crippen molar-refractivity contribution in [3.8, 4) is 0 Å². The number of aliphatic imine (C=N–C) groups is 1. The molecule has 1 rings (SSSR count). The molecule has 0 aliphatic carbocycles. The zero-order valence-corrected chi connectivity index (χ0v) is 10.8. The lowest BCUT2D eigenvalue weighted by atomic mass is 10.1. The van der Waals surface area contributed by atoms with Crippen LogP contribution in [0.2, 0.25) is 0 Å². The van der Waals surface area contributed by atoms with Crippen LogP contribution in [0.15, 0.2) is 34.3 Å². The lowest BCUT2D eigenvalue weighted by Gasteiger charge is -2.00. The van der Waals surface area contributed by atoms with Crippen molar-refractivity contribution >= 4 is 11.4 Å². The molecule has 3 heteroatoms. The van der Waals surface area contributed by atoms with Gasteiger partial charge in [0.25, 0.3) is 0 Å². The van der Waals surface area contributed by atoms with Gasteiger partial charge >= 0.3 is 0 Å². The zero-order valence-electron chi connectivity index (χ0n) is 10.8. The largest absolute Gasteiger partial charge is 0.453 e. The van der Waals surface area contributed by atoms with E-state index >= 15 is 0 Å². The molecule has 2 N–H and O–H groups in total. The Hall–Kier alpha value is -1.77. The molecule has 0 bridgehead atoms. The predicted molar refractivity (Wildman–Crippen MR) is 72.9 cm³/mol. The van der Waals surface area contributed by atoms with Crippen molar-refractivity contribution < 1.29 is 4.42 Å². The van der Waals surface area contributed by atoms with Gasteiger partial charge in [0.1, 0.15) is 5.76 Å². The summed E-state index contributed by atoms with van der Waals surface area (Å²) in [5, 5.41) is 0. The maximum atomic E-state index is 5.85. The Balaban J connectivity index is 3.04. The normalized spacial score (nSPS) is 11.6. The summed E-state index contributed by atoms with van der Waals surface area (Å²) in [6.45, 7) is 13.5. The van der Waals surface area contributed by atoms with Gasteiger partial charge in [-0.1, -0.05) is 26.5 Å². The summed E-state index contributed by atoms with van der Waals surface area (Å²) in [7, 11) is 0. The number of hydrogen-bond donors (Lipinski definition) is 1. The van der Waals surface area contributed by atoms with E-state index in [-0.39, 0.29) is 0 Å². The monoisotopic (exact) mass is 232 g/mol. The number of hydrogen-bond acceptors (Lipinski definition) is 2. The second-order valence-corrected chi connectivity index (χ2v) is 4.21. The summed E-state index contributed by atoms with van der Waals surface area (Å²) in [6, 6.07) is 1.95. The van der Waals surface area contributed by atoms with Gasteiger partial charge in [-0.15, -0.1) is 0 Å². The van der Waals surface area contributed by atoms with E-state index < -0.39 is 0 Å². The predicted octanol–water partition coefficient (Wildman–Crippen LogP) is 3.64. The highest BCUT2D eigenvalue weighted by atomic mass is 16.3. The number of nitrogens with zero attached hydrogens (tertiary/aromatic N) is 1. The third kappa shape index (κ3) is 3.34. The molecule has 1 aromatic heterocycles. The van der Waals surface area contributed by atoms with Crippen LogP contribution in [0.5, 0.6) is 0 Å². The molecule has 3 nitrogen and oxygen atoms in total. The van der Waals surface area contributed by atoms with Crippen molar-refractivity contribution in [1.82, 2.24) is 0 Å². The summed E-state index contributed by atoms with van der Waals surface area (Å²) < 4.78 is 5.70. The molecule has 0 spiro atoms. The molecule has 1 aromatic rings.